The maximum absolute atomic E-state index is 15.3. The maximum atomic E-state index is 15.3. The van der Waals surface area contributed by atoms with Crippen molar-refractivity contribution >= 4 is 27.0 Å². The molecule has 3 heterocycles. The lowest BCUT2D eigenvalue weighted by molar-refractivity contribution is 0.0438. The van der Waals surface area contributed by atoms with Crippen LogP contribution in [0.5, 0.6) is 0 Å². The fourth-order valence-electron chi connectivity index (χ4n) is 6.98. The molecule has 4 N–H and O–H groups in total. The molecule has 2 aliphatic rings. The molecular formula is C30H34F2N6O3S. The van der Waals surface area contributed by atoms with E-state index in [1.165, 1.54) is 29.0 Å². The van der Waals surface area contributed by atoms with Gasteiger partial charge < -0.3 is 16.2 Å². The number of hydrogen-bond acceptors (Lipinski definition) is 8. The number of imidazole rings is 1. The molecule has 0 spiro atoms. The number of pyridine rings is 1. The van der Waals surface area contributed by atoms with E-state index in [-0.39, 0.29) is 28.7 Å². The average Bonchev–Trinajstić information content (AvgIpc) is 3.54. The number of nitrogens with one attached hydrogen (secondary N) is 1. The van der Waals surface area contributed by atoms with Gasteiger partial charge in [-0.2, -0.15) is 9.61 Å². The molecule has 0 bridgehead atoms. The van der Waals surface area contributed by atoms with Crippen molar-refractivity contribution in [2.24, 2.45) is 11.7 Å². The van der Waals surface area contributed by atoms with Crippen molar-refractivity contribution < 1.29 is 22.3 Å². The molecule has 42 heavy (non-hydrogen) atoms. The van der Waals surface area contributed by atoms with Crippen molar-refractivity contribution in [3.05, 3.63) is 71.7 Å². The Balaban J connectivity index is 1.32. The van der Waals surface area contributed by atoms with E-state index in [1.54, 1.807) is 24.7 Å². The second kappa shape index (κ2) is 10.7. The molecule has 222 valence electrons. The van der Waals surface area contributed by atoms with Crippen LogP contribution in [0.1, 0.15) is 62.5 Å². The van der Waals surface area contributed by atoms with Crippen molar-refractivity contribution in [3.63, 3.8) is 0 Å². The average molecular weight is 597 g/mol. The third kappa shape index (κ3) is 5.16. The smallest absolute Gasteiger partial charge is 0.229 e. The lowest BCUT2D eigenvalue weighted by atomic mass is 9.76. The first kappa shape index (κ1) is 28.6. The minimum atomic E-state index is -3.29. The molecule has 12 heteroatoms. The van der Waals surface area contributed by atoms with Crippen LogP contribution in [-0.4, -0.2) is 50.7 Å². The summed E-state index contributed by atoms with van der Waals surface area (Å²) < 4.78 is 56.8. The monoisotopic (exact) mass is 596 g/mol. The zero-order chi connectivity index (χ0) is 29.8. The van der Waals surface area contributed by atoms with Gasteiger partial charge in [-0.25, -0.2) is 22.2 Å². The predicted octanol–water partition coefficient (Wildman–Crippen LogP) is 4.83. The van der Waals surface area contributed by atoms with E-state index >= 15 is 8.78 Å². The molecular weight excluding hydrogens is 562 g/mol. The van der Waals surface area contributed by atoms with Gasteiger partial charge in [0.05, 0.1) is 45.7 Å². The predicted molar refractivity (Wildman–Crippen MR) is 156 cm³/mol. The van der Waals surface area contributed by atoms with Gasteiger partial charge in [0, 0.05) is 18.5 Å². The van der Waals surface area contributed by atoms with Crippen molar-refractivity contribution in [1.82, 2.24) is 19.6 Å². The Bertz CT molecular complexity index is 1720. The second-order valence-corrected chi connectivity index (χ2v) is 14.1. The summed E-state index contributed by atoms with van der Waals surface area (Å²) in [6.45, 7) is 1.92. The van der Waals surface area contributed by atoms with Gasteiger partial charge in [-0.1, -0.05) is 19.8 Å². The first-order valence-electron chi connectivity index (χ1n) is 14.2. The molecule has 6 rings (SSSR count). The number of nitrogens with two attached hydrogens (primary N) is 1. The van der Waals surface area contributed by atoms with Crippen molar-refractivity contribution in [2.75, 3.05) is 11.6 Å². The van der Waals surface area contributed by atoms with Gasteiger partial charge in [-0.05, 0) is 79.0 Å². The summed E-state index contributed by atoms with van der Waals surface area (Å²) in [4.78, 5) is 8.70. The number of anilines is 2. The molecule has 0 saturated heterocycles. The van der Waals surface area contributed by atoms with Gasteiger partial charge in [0.2, 0.25) is 5.95 Å². The highest BCUT2D eigenvalue weighted by molar-refractivity contribution is 7.91. The van der Waals surface area contributed by atoms with Crippen molar-refractivity contribution in [3.8, 4) is 11.3 Å². The van der Waals surface area contributed by atoms with Crippen LogP contribution >= 0.6 is 0 Å². The Morgan fingerprint density at radius 1 is 1.10 bits per heavy atom. The van der Waals surface area contributed by atoms with E-state index in [1.807, 2.05) is 13.0 Å². The van der Waals surface area contributed by atoms with Crippen LogP contribution in [0.2, 0.25) is 0 Å². The fourth-order valence-corrected chi connectivity index (χ4v) is 8.68. The molecule has 0 radical (unpaired) electrons. The number of fused-ring (bicyclic) bond motifs is 1. The first-order valence-corrected chi connectivity index (χ1v) is 16.1. The van der Waals surface area contributed by atoms with Crippen LogP contribution in [0, 0.1) is 17.6 Å². The summed E-state index contributed by atoms with van der Waals surface area (Å²) in [5.74, 6) is -1.41. The van der Waals surface area contributed by atoms with E-state index in [0.717, 1.165) is 18.4 Å². The fraction of sp³-hybridized carbons (Fsp3) is 0.433. The number of halogens is 2. The van der Waals surface area contributed by atoms with Crippen LogP contribution in [0.3, 0.4) is 0 Å². The Kier molecular flexibility index (Phi) is 7.27. The lowest BCUT2D eigenvalue weighted by Gasteiger charge is -2.38. The van der Waals surface area contributed by atoms with Gasteiger partial charge >= 0.3 is 0 Å². The van der Waals surface area contributed by atoms with E-state index in [0.29, 0.717) is 42.8 Å². The van der Waals surface area contributed by atoms with Crippen molar-refractivity contribution in [1.29, 1.82) is 0 Å². The van der Waals surface area contributed by atoms with Crippen LogP contribution < -0.4 is 11.1 Å². The Morgan fingerprint density at radius 3 is 2.48 bits per heavy atom. The molecule has 2 fully saturated rings. The number of hydrogen-bond donors (Lipinski definition) is 3. The summed E-state index contributed by atoms with van der Waals surface area (Å²) in [5, 5.41) is 18.0. The third-order valence-corrected chi connectivity index (χ3v) is 10.7. The molecule has 4 unspecified atom stereocenters. The Labute approximate surface area is 243 Å². The molecule has 2 saturated carbocycles. The second-order valence-electron chi connectivity index (χ2n) is 11.9. The molecule has 1 aromatic carbocycles. The van der Waals surface area contributed by atoms with Gasteiger partial charge in [0.25, 0.3) is 0 Å². The SMILES string of the molecule is CC1CC(c2ccncc2Nc2ncc3ccc(-c4c(F)cc(C5(O)CCCC5)cc4F)nn23)CC(N)C1S(C)(=O)=O. The summed E-state index contributed by atoms with van der Waals surface area (Å²) in [5.41, 5.74) is 7.38. The lowest BCUT2D eigenvalue weighted by Crippen LogP contribution is -2.48. The largest absolute Gasteiger partial charge is 0.385 e. The number of aromatic nitrogens is 4. The van der Waals surface area contributed by atoms with Gasteiger partial charge in [0.15, 0.2) is 9.84 Å². The van der Waals surface area contributed by atoms with Gasteiger partial charge in [-0.15, -0.1) is 0 Å². The Hall–Kier alpha value is -3.48. The minimum absolute atomic E-state index is 0.00959. The quantitative estimate of drug-likeness (QED) is 0.288. The van der Waals surface area contributed by atoms with E-state index in [4.69, 9.17) is 5.73 Å². The molecule has 3 aromatic heterocycles. The summed E-state index contributed by atoms with van der Waals surface area (Å²) in [6, 6.07) is 6.99. The maximum Gasteiger partial charge on any atom is 0.229 e. The topological polar surface area (TPSA) is 136 Å². The molecule has 4 atom stereocenters. The standard InChI is InChI=1S/C30H34F2N6O3S/c1-17-11-18(12-24(33)28(17)42(2,40)41)21-7-10-34-16-26(21)36-29-35-15-20-5-6-25(37-38(20)29)27-22(31)13-19(14-23(27)32)30(39)8-3-4-9-30/h5-7,10,13-18,24,28,39H,3-4,8-9,11-12,33H2,1-2H3,(H,35,36). The first-order chi connectivity index (χ1) is 19.9. The van der Waals surface area contributed by atoms with Crippen LogP contribution in [0.15, 0.2) is 48.9 Å². The highest BCUT2D eigenvalue weighted by atomic mass is 32.2. The number of nitrogens with zero attached hydrogens (tertiary/aromatic N) is 4. The van der Waals surface area contributed by atoms with E-state index < -0.39 is 38.4 Å². The number of sulfone groups is 1. The molecule has 4 aromatic rings. The zero-order valence-corrected chi connectivity index (χ0v) is 24.3. The number of aliphatic hydroxyl groups is 1. The summed E-state index contributed by atoms with van der Waals surface area (Å²) in [7, 11) is -3.29. The van der Waals surface area contributed by atoms with Gasteiger partial charge in [0.1, 0.15) is 11.6 Å². The normalized spacial score (nSPS) is 24.2. The summed E-state index contributed by atoms with van der Waals surface area (Å²) >= 11 is 0. The van der Waals surface area contributed by atoms with E-state index in [9.17, 15) is 13.5 Å². The minimum Gasteiger partial charge on any atom is -0.385 e. The highest BCUT2D eigenvalue weighted by Gasteiger charge is 2.40. The Morgan fingerprint density at radius 2 is 1.81 bits per heavy atom. The number of benzene rings is 1. The molecule has 0 amide bonds. The zero-order valence-electron chi connectivity index (χ0n) is 23.5. The van der Waals surface area contributed by atoms with E-state index in [2.05, 4.69) is 20.4 Å². The van der Waals surface area contributed by atoms with Crippen LogP contribution in [0.4, 0.5) is 20.4 Å². The van der Waals surface area contributed by atoms with Gasteiger partial charge in [-0.3, -0.25) is 4.98 Å². The van der Waals surface area contributed by atoms with Crippen molar-refractivity contribution in [2.45, 2.75) is 68.3 Å². The third-order valence-electron chi connectivity index (χ3n) is 8.88. The summed E-state index contributed by atoms with van der Waals surface area (Å²) in [6.07, 6.45) is 9.86. The number of rotatable bonds is 6. The van der Waals surface area contributed by atoms with Crippen LogP contribution in [-0.2, 0) is 15.4 Å². The molecule has 2 aliphatic carbocycles. The molecule has 9 nitrogen and oxygen atoms in total. The molecule has 0 aliphatic heterocycles. The highest BCUT2D eigenvalue weighted by Crippen LogP contribution is 2.42. The van der Waals surface area contributed by atoms with Crippen LogP contribution in [0.25, 0.3) is 16.8 Å².